The number of benzene rings is 2. The smallest absolute Gasteiger partial charge is 0.272 e. The molecule has 1 saturated heterocycles. The third kappa shape index (κ3) is 4.33. The first-order valence-corrected chi connectivity index (χ1v) is 11.1. The van der Waals surface area contributed by atoms with Gasteiger partial charge in [0.05, 0.1) is 29.7 Å². The van der Waals surface area contributed by atoms with Crippen molar-refractivity contribution in [3.8, 4) is 22.9 Å². The Morgan fingerprint density at radius 1 is 1.03 bits per heavy atom. The van der Waals surface area contributed by atoms with Crippen molar-refractivity contribution in [2.45, 2.75) is 0 Å². The lowest BCUT2D eigenvalue weighted by atomic mass is 10.2. The topological polar surface area (TPSA) is 107 Å². The Kier molecular flexibility index (Phi) is 5.92. The zero-order valence-corrected chi connectivity index (χ0v) is 19.0. The molecule has 10 heteroatoms. The van der Waals surface area contributed by atoms with Crippen LogP contribution in [0.1, 0.15) is 10.5 Å². The van der Waals surface area contributed by atoms with Gasteiger partial charge in [0, 0.05) is 44.4 Å². The molecule has 178 valence electrons. The number of nitrogens with zero attached hydrogens (tertiary/aromatic N) is 5. The minimum atomic E-state index is -0.464. The summed E-state index contributed by atoms with van der Waals surface area (Å²) in [6, 6.07) is 19.0. The van der Waals surface area contributed by atoms with Crippen LogP contribution in [0.4, 0.5) is 11.4 Å². The van der Waals surface area contributed by atoms with Gasteiger partial charge in [0.1, 0.15) is 17.1 Å². The summed E-state index contributed by atoms with van der Waals surface area (Å²) < 4.78 is 12.5. The van der Waals surface area contributed by atoms with Crippen LogP contribution in [0, 0.1) is 10.1 Å². The summed E-state index contributed by atoms with van der Waals surface area (Å²) in [5.41, 5.74) is 2.37. The molecule has 10 nitrogen and oxygen atoms in total. The Morgan fingerprint density at radius 3 is 2.43 bits per heavy atom. The number of aromatic nitrogens is 2. The minimum Gasteiger partial charge on any atom is -0.495 e. The highest BCUT2D eigenvalue weighted by molar-refractivity contribution is 5.94. The molecule has 2 aromatic carbocycles. The first-order chi connectivity index (χ1) is 17.0. The Bertz CT molecular complexity index is 1340. The molecule has 1 aliphatic heterocycles. The highest BCUT2D eigenvalue weighted by Gasteiger charge is 2.27. The monoisotopic (exact) mass is 473 g/mol. The molecule has 0 saturated carbocycles. The fourth-order valence-corrected chi connectivity index (χ4v) is 4.19. The van der Waals surface area contributed by atoms with Gasteiger partial charge in [-0.1, -0.05) is 12.1 Å². The van der Waals surface area contributed by atoms with Gasteiger partial charge < -0.3 is 19.0 Å². The fraction of sp³-hybridized carbons (Fsp3) is 0.200. The van der Waals surface area contributed by atoms with Crippen molar-refractivity contribution in [1.29, 1.82) is 0 Å². The summed E-state index contributed by atoms with van der Waals surface area (Å²) in [6.07, 6.45) is 1.54. The van der Waals surface area contributed by atoms with Crippen LogP contribution in [0.25, 0.3) is 17.1 Å². The van der Waals surface area contributed by atoms with Crippen LogP contribution in [-0.2, 0) is 0 Å². The number of carbonyl (C=O) groups excluding carboxylic acids is 1. The van der Waals surface area contributed by atoms with Crippen molar-refractivity contribution in [1.82, 2.24) is 14.7 Å². The average Bonchev–Trinajstić information content (AvgIpc) is 3.59. The molecule has 5 rings (SSSR count). The van der Waals surface area contributed by atoms with Gasteiger partial charge in [-0.2, -0.15) is 5.10 Å². The van der Waals surface area contributed by atoms with E-state index in [9.17, 15) is 14.9 Å². The number of piperazine rings is 1. The van der Waals surface area contributed by atoms with Crippen LogP contribution in [0.3, 0.4) is 0 Å². The standard InChI is InChI=1S/C25H23N5O5/c1-34-24-6-3-2-5-21(24)27-12-14-28(15-13-27)25(31)22-17-20(23-7-4-16-35-23)26-29(22)18-8-10-19(11-9-18)30(32)33/h2-11,16-17H,12-15H2,1H3. The number of furan rings is 1. The number of para-hydroxylation sites is 2. The van der Waals surface area contributed by atoms with Gasteiger partial charge in [0.2, 0.25) is 0 Å². The van der Waals surface area contributed by atoms with Crippen molar-refractivity contribution in [3.63, 3.8) is 0 Å². The van der Waals surface area contributed by atoms with Crippen LogP contribution in [0.2, 0.25) is 0 Å². The lowest BCUT2D eigenvalue weighted by Gasteiger charge is -2.36. The van der Waals surface area contributed by atoms with Crippen molar-refractivity contribution in [2.24, 2.45) is 0 Å². The van der Waals surface area contributed by atoms with Crippen molar-refractivity contribution < 1.29 is 18.9 Å². The van der Waals surface area contributed by atoms with Crippen LogP contribution in [-0.4, -0.2) is 58.8 Å². The van der Waals surface area contributed by atoms with Crippen molar-refractivity contribution >= 4 is 17.3 Å². The molecule has 1 amide bonds. The predicted molar refractivity (Wildman–Crippen MR) is 129 cm³/mol. The number of nitro groups is 1. The Hall–Kier alpha value is -4.60. The van der Waals surface area contributed by atoms with E-state index < -0.39 is 4.92 Å². The highest BCUT2D eigenvalue weighted by atomic mass is 16.6. The number of anilines is 1. The molecule has 35 heavy (non-hydrogen) atoms. The third-order valence-corrected chi connectivity index (χ3v) is 6.00. The highest BCUT2D eigenvalue weighted by Crippen LogP contribution is 2.29. The summed E-state index contributed by atoms with van der Waals surface area (Å²) >= 11 is 0. The maximum atomic E-state index is 13.6. The van der Waals surface area contributed by atoms with E-state index in [4.69, 9.17) is 9.15 Å². The van der Waals surface area contributed by atoms with Gasteiger partial charge in [-0.3, -0.25) is 14.9 Å². The molecular weight excluding hydrogens is 450 g/mol. The molecule has 0 aliphatic carbocycles. The Labute approximate surface area is 201 Å². The first kappa shape index (κ1) is 22.2. The molecule has 2 aromatic heterocycles. The molecule has 0 N–H and O–H groups in total. The van der Waals surface area contributed by atoms with E-state index in [1.54, 1.807) is 48.6 Å². The lowest BCUT2D eigenvalue weighted by Crippen LogP contribution is -2.49. The number of methoxy groups -OCH3 is 1. The molecule has 0 bridgehead atoms. The SMILES string of the molecule is COc1ccccc1N1CCN(C(=O)c2cc(-c3ccco3)nn2-c2ccc([N+](=O)[O-])cc2)CC1. The summed E-state index contributed by atoms with van der Waals surface area (Å²) in [5.74, 6) is 1.15. The van der Waals surface area contributed by atoms with Gasteiger partial charge in [0.15, 0.2) is 5.76 Å². The second-order valence-electron chi connectivity index (χ2n) is 8.03. The second-order valence-corrected chi connectivity index (χ2v) is 8.03. The third-order valence-electron chi connectivity index (χ3n) is 6.00. The van der Waals surface area contributed by atoms with Crippen LogP contribution < -0.4 is 9.64 Å². The van der Waals surface area contributed by atoms with E-state index in [0.29, 0.717) is 49.0 Å². The largest absolute Gasteiger partial charge is 0.495 e. The van der Waals surface area contributed by atoms with Crippen LogP contribution in [0.5, 0.6) is 5.75 Å². The van der Waals surface area contributed by atoms with E-state index in [2.05, 4.69) is 10.00 Å². The quantitative estimate of drug-likeness (QED) is 0.308. The number of ether oxygens (including phenoxy) is 1. The van der Waals surface area contributed by atoms with Gasteiger partial charge in [-0.15, -0.1) is 0 Å². The van der Waals surface area contributed by atoms with Gasteiger partial charge >= 0.3 is 0 Å². The number of nitro benzene ring substituents is 1. The summed E-state index contributed by atoms with van der Waals surface area (Å²) in [6.45, 7) is 2.36. The van der Waals surface area contributed by atoms with E-state index in [0.717, 1.165) is 11.4 Å². The number of carbonyl (C=O) groups is 1. The number of hydrogen-bond acceptors (Lipinski definition) is 7. The lowest BCUT2D eigenvalue weighted by molar-refractivity contribution is -0.384. The maximum Gasteiger partial charge on any atom is 0.272 e. The maximum absolute atomic E-state index is 13.6. The first-order valence-electron chi connectivity index (χ1n) is 11.1. The summed E-state index contributed by atoms with van der Waals surface area (Å²) in [5, 5.41) is 15.6. The van der Waals surface area contributed by atoms with Crippen LogP contribution >= 0.6 is 0 Å². The van der Waals surface area contributed by atoms with Crippen molar-refractivity contribution in [3.05, 3.63) is 88.8 Å². The zero-order valence-electron chi connectivity index (χ0n) is 19.0. The van der Waals surface area contributed by atoms with Gasteiger partial charge in [0.25, 0.3) is 11.6 Å². The molecule has 3 heterocycles. The number of amides is 1. The molecular formula is C25H23N5O5. The second kappa shape index (κ2) is 9.34. The molecule has 4 aromatic rings. The summed E-state index contributed by atoms with van der Waals surface area (Å²) in [4.78, 5) is 28.2. The number of hydrogen-bond donors (Lipinski definition) is 0. The van der Waals surface area contributed by atoms with Gasteiger partial charge in [-0.05, 0) is 36.4 Å². The average molecular weight is 473 g/mol. The van der Waals surface area contributed by atoms with Crippen molar-refractivity contribution in [2.75, 3.05) is 38.2 Å². The Morgan fingerprint density at radius 2 is 1.77 bits per heavy atom. The molecule has 1 fully saturated rings. The van der Waals surface area contributed by atoms with E-state index in [1.807, 2.05) is 24.3 Å². The molecule has 1 aliphatic rings. The predicted octanol–water partition coefficient (Wildman–Crippen LogP) is 4.01. The van der Waals surface area contributed by atoms with Gasteiger partial charge in [-0.25, -0.2) is 4.68 Å². The van der Waals surface area contributed by atoms with Crippen LogP contribution in [0.15, 0.2) is 77.4 Å². The molecule has 0 unspecified atom stereocenters. The number of non-ortho nitro benzene ring substituents is 1. The zero-order chi connectivity index (χ0) is 24.4. The fourth-order valence-electron chi connectivity index (χ4n) is 4.19. The molecule has 0 radical (unpaired) electrons. The van der Waals surface area contributed by atoms with E-state index in [1.165, 1.54) is 16.8 Å². The minimum absolute atomic E-state index is 0.0347. The molecule has 0 spiro atoms. The van der Waals surface area contributed by atoms with E-state index in [-0.39, 0.29) is 11.6 Å². The normalized spacial score (nSPS) is 13.6. The van der Waals surface area contributed by atoms with E-state index >= 15 is 0 Å². The molecule has 0 atom stereocenters. The Balaban J connectivity index is 1.41. The summed E-state index contributed by atoms with van der Waals surface area (Å²) in [7, 11) is 1.65. The number of rotatable bonds is 6.